The highest BCUT2D eigenvalue weighted by Crippen LogP contribution is 2.35. The highest BCUT2D eigenvalue weighted by atomic mass is 35.5. The van der Waals surface area contributed by atoms with Gasteiger partial charge in [0.05, 0.1) is 17.6 Å². The van der Waals surface area contributed by atoms with Crippen LogP contribution in [0.1, 0.15) is 6.92 Å². The number of nitro benzene ring substituents is 1. The fraction of sp³-hybridized carbons (Fsp3) is 0.500. The van der Waals surface area contributed by atoms with Crippen LogP contribution in [0, 0.1) is 10.1 Å². The van der Waals surface area contributed by atoms with E-state index in [1.807, 2.05) is 11.8 Å². The minimum absolute atomic E-state index is 0.0607. The summed E-state index contributed by atoms with van der Waals surface area (Å²) >= 11 is 5.92. The molecule has 1 heterocycles. The van der Waals surface area contributed by atoms with Crippen molar-refractivity contribution in [1.82, 2.24) is 0 Å². The standard InChI is InChI=1S/C12H16ClN3O3/c1-8(14)11-7-15(5-6-19-11)10-4-2-3-9(13)12(10)16(17)18/h2-4,8,11H,5-7,14H2,1H3. The number of nitro groups is 1. The molecule has 0 amide bonds. The lowest BCUT2D eigenvalue weighted by molar-refractivity contribution is -0.384. The summed E-state index contributed by atoms with van der Waals surface area (Å²) in [5.41, 5.74) is 6.28. The second-order valence-electron chi connectivity index (χ2n) is 4.58. The molecule has 2 N–H and O–H groups in total. The van der Waals surface area contributed by atoms with E-state index in [9.17, 15) is 10.1 Å². The largest absolute Gasteiger partial charge is 0.373 e. The molecule has 104 valence electrons. The Morgan fingerprint density at radius 2 is 2.37 bits per heavy atom. The van der Waals surface area contributed by atoms with Gasteiger partial charge in [0.2, 0.25) is 0 Å². The molecule has 0 aliphatic carbocycles. The van der Waals surface area contributed by atoms with E-state index in [0.29, 0.717) is 25.4 Å². The molecule has 19 heavy (non-hydrogen) atoms. The first-order valence-corrected chi connectivity index (χ1v) is 6.43. The number of para-hydroxylation sites is 1. The van der Waals surface area contributed by atoms with Crippen LogP contribution in [0.5, 0.6) is 0 Å². The fourth-order valence-corrected chi connectivity index (χ4v) is 2.39. The Morgan fingerprint density at radius 3 is 3.00 bits per heavy atom. The first-order chi connectivity index (χ1) is 9.00. The molecule has 0 spiro atoms. The summed E-state index contributed by atoms with van der Waals surface area (Å²) in [5.74, 6) is 0. The van der Waals surface area contributed by atoms with Gasteiger partial charge in [0.15, 0.2) is 0 Å². The van der Waals surface area contributed by atoms with Gasteiger partial charge in [0, 0.05) is 19.1 Å². The van der Waals surface area contributed by atoms with Crippen LogP contribution in [0.15, 0.2) is 18.2 Å². The lowest BCUT2D eigenvalue weighted by Crippen LogP contribution is -2.49. The second kappa shape index (κ2) is 5.73. The maximum absolute atomic E-state index is 11.1. The van der Waals surface area contributed by atoms with Crippen LogP contribution in [-0.4, -0.2) is 36.8 Å². The fourth-order valence-electron chi connectivity index (χ4n) is 2.15. The highest BCUT2D eigenvalue weighted by molar-refractivity contribution is 6.33. The van der Waals surface area contributed by atoms with Crippen molar-refractivity contribution in [2.45, 2.75) is 19.1 Å². The third kappa shape index (κ3) is 2.97. The second-order valence-corrected chi connectivity index (χ2v) is 4.99. The summed E-state index contributed by atoms with van der Waals surface area (Å²) in [6.07, 6.45) is -0.132. The van der Waals surface area contributed by atoms with E-state index in [1.54, 1.807) is 12.1 Å². The van der Waals surface area contributed by atoms with Gasteiger partial charge in [-0.2, -0.15) is 0 Å². The summed E-state index contributed by atoms with van der Waals surface area (Å²) in [6, 6.07) is 4.81. The van der Waals surface area contributed by atoms with Crippen LogP contribution in [0.25, 0.3) is 0 Å². The third-order valence-corrected chi connectivity index (χ3v) is 3.47. The zero-order chi connectivity index (χ0) is 14.0. The number of anilines is 1. The van der Waals surface area contributed by atoms with Gasteiger partial charge in [0.25, 0.3) is 0 Å². The minimum atomic E-state index is -0.450. The molecule has 0 radical (unpaired) electrons. The SMILES string of the molecule is CC(N)C1CN(c2cccc(Cl)c2[N+](=O)[O-])CCO1. The van der Waals surface area contributed by atoms with Crippen molar-refractivity contribution in [3.8, 4) is 0 Å². The van der Waals surface area contributed by atoms with E-state index < -0.39 is 4.92 Å². The highest BCUT2D eigenvalue weighted by Gasteiger charge is 2.29. The van der Waals surface area contributed by atoms with Crippen LogP contribution in [0.4, 0.5) is 11.4 Å². The predicted octanol–water partition coefficient (Wildman–Crippen LogP) is 1.80. The number of halogens is 1. The normalized spacial score (nSPS) is 21.2. The molecule has 1 aliphatic rings. The van der Waals surface area contributed by atoms with Crippen LogP contribution >= 0.6 is 11.6 Å². The minimum Gasteiger partial charge on any atom is -0.373 e. The van der Waals surface area contributed by atoms with Gasteiger partial charge < -0.3 is 15.4 Å². The molecule has 1 aliphatic heterocycles. The zero-order valence-electron chi connectivity index (χ0n) is 10.6. The Bertz CT molecular complexity index is 481. The monoisotopic (exact) mass is 285 g/mol. The summed E-state index contributed by atoms with van der Waals surface area (Å²) in [4.78, 5) is 12.6. The van der Waals surface area contributed by atoms with Gasteiger partial charge in [0.1, 0.15) is 10.7 Å². The lowest BCUT2D eigenvalue weighted by atomic mass is 10.1. The van der Waals surface area contributed by atoms with E-state index in [2.05, 4.69) is 0 Å². The van der Waals surface area contributed by atoms with Crippen LogP contribution in [0.2, 0.25) is 5.02 Å². The zero-order valence-corrected chi connectivity index (χ0v) is 11.3. The summed E-state index contributed by atoms with van der Waals surface area (Å²) in [5, 5.41) is 11.3. The number of hydrogen-bond acceptors (Lipinski definition) is 5. The summed E-state index contributed by atoms with van der Waals surface area (Å²) in [7, 11) is 0. The molecule has 1 fully saturated rings. The van der Waals surface area contributed by atoms with Gasteiger partial charge in [-0.1, -0.05) is 17.7 Å². The van der Waals surface area contributed by atoms with Crippen LogP contribution < -0.4 is 10.6 Å². The van der Waals surface area contributed by atoms with Gasteiger partial charge >= 0.3 is 5.69 Å². The van der Waals surface area contributed by atoms with E-state index in [4.69, 9.17) is 22.1 Å². The van der Waals surface area contributed by atoms with Crippen molar-refractivity contribution < 1.29 is 9.66 Å². The molecular weight excluding hydrogens is 270 g/mol. The number of morpholine rings is 1. The van der Waals surface area contributed by atoms with Crippen molar-refractivity contribution in [2.75, 3.05) is 24.6 Å². The molecule has 6 nitrogen and oxygen atoms in total. The van der Waals surface area contributed by atoms with Crippen LogP contribution in [-0.2, 0) is 4.74 Å². The number of nitrogens with two attached hydrogens (primary N) is 1. The van der Waals surface area contributed by atoms with Crippen LogP contribution in [0.3, 0.4) is 0 Å². The van der Waals surface area contributed by atoms with Crippen molar-refractivity contribution >= 4 is 23.0 Å². The van der Waals surface area contributed by atoms with Gasteiger partial charge in [-0.3, -0.25) is 10.1 Å². The molecule has 1 aromatic rings. The maximum Gasteiger partial charge on any atom is 0.310 e. The van der Waals surface area contributed by atoms with E-state index >= 15 is 0 Å². The Labute approximate surface area is 116 Å². The first kappa shape index (κ1) is 14.0. The molecule has 2 atom stereocenters. The molecule has 2 rings (SSSR count). The van der Waals surface area contributed by atoms with E-state index in [1.165, 1.54) is 6.07 Å². The molecule has 0 saturated carbocycles. The maximum atomic E-state index is 11.1. The number of hydrogen-bond donors (Lipinski definition) is 1. The lowest BCUT2D eigenvalue weighted by Gasteiger charge is -2.35. The first-order valence-electron chi connectivity index (χ1n) is 6.05. The molecule has 0 bridgehead atoms. The smallest absolute Gasteiger partial charge is 0.310 e. The van der Waals surface area contributed by atoms with Crippen molar-refractivity contribution in [1.29, 1.82) is 0 Å². The topological polar surface area (TPSA) is 81.6 Å². The Hall–Kier alpha value is -1.37. The molecular formula is C12H16ClN3O3. The van der Waals surface area contributed by atoms with Gasteiger partial charge in [-0.05, 0) is 19.1 Å². The van der Waals surface area contributed by atoms with Crippen molar-refractivity contribution in [2.24, 2.45) is 5.73 Å². The number of benzene rings is 1. The molecule has 1 saturated heterocycles. The quantitative estimate of drug-likeness (QED) is 0.676. The van der Waals surface area contributed by atoms with Gasteiger partial charge in [-0.15, -0.1) is 0 Å². The Morgan fingerprint density at radius 1 is 1.63 bits per heavy atom. The summed E-state index contributed by atoms with van der Waals surface area (Å²) in [6.45, 7) is 3.47. The van der Waals surface area contributed by atoms with Crippen molar-refractivity contribution in [3.05, 3.63) is 33.3 Å². The van der Waals surface area contributed by atoms with Gasteiger partial charge in [-0.25, -0.2) is 0 Å². The third-order valence-electron chi connectivity index (χ3n) is 3.17. The number of nitrogens with zero attached hydrogens (tertiary/aromatic N) is 2. The van der Waals surface area contributed by atoms with Crippen molar-refractivity contribution in [3.63, 3.8) is 0 Å². The Kier molecular flexibility index (Phi) is 4.24. The van der Waals surface area contributed by atoms with E-state index in [-0.39, 0.29) is 22.9 Å². The molecule has 1 aromatic carbocycles. The predicted molar refractivity (Wildman–Crippen MR) is 73.7 cm³/mol. The molecule has 2 unspecified atom stereocenters. The molecule has 0 aromatic heterocycles. The molecule has 7 heteroatoms. The summed E-state index contributed by atoms with van der Waals surface area (Å²) < 4.78 is 5.55. The average Bonchev–Trinajstić information content (AvgIpc) is 2.38. The number of ether oxygens (including phenoxy) is 1. The van der Waals surface area contributed by atoms with E-state index in [0.717, 1.165) is 0 Å². The number of rotatable bonds is 3. The Balaban J connectivity index is 2.31. The average molecular weight is 286 g/mol.